The lowest BCUT2D eigenvalue weighted by molar-refractivity contribution is -0.160. The maximum Gasteiger partial charge on any atom is 0.311 e. The first-order valence-electron chi connectivity index (χ1n) is 7.54. The van der Waals surface area contributed by atoms with E-state index >= 15 is 0 Å². The van der Waals surface area contributed by atoms with E-state index in [9.17, 15) is 9.90 Å². The fourth-order valence-electron chi connectivity index (χ4n) is 2.52. The van der Waals surface area contributed by atoms with E-state index in [1.54, 1.807) is 0 Å². The summed E-state index contributed by atoms with van der Waals surface area (Å²) in [4.78, 5) is 12.0. The SMILES string of the molecule is CC(O)[C@@]1(C)CCCC[C@@H](OC(=O)C(C)(C)C)CC1. The van der Waals surface area contributed by atoms with Crippen LogP contribution in [0.25, 0.3) is 0 Å². The second kappa shape index (κ2) is 6.25. The topological polar surface area (TPSA) is 46.5 Å². The van der Waals surface area contributed by atoms with Crippen molar-refractivity contribution in [3.8, 4) is 0 Å². The van der Waals surface area contributed by atoms with Gasteiger partial charge in [0.25, 0.3) is 0 Å². The van der Waals surface area contributed by atoms with Gasteiger partial charge in [-0.05, 0) is 65.2 Å². The molecule has 0 saturated heterocycles. The van der Waals surface area contributed by atoms with E-state index in [4.69, 9.17) is 4.74 Å². The molecule has 3 atom stereocenters. The molecule has 1 saturated carbocycles. The summed E-state index contributed by atoms with van der Waals surface area (Å²) in [6.45, 7) is 9.68. The molecule has 0 amide bonds. The zero-order valence-corrected chi connectivity index (χ0v) is 13.2. The Kier molecular flexibility index (Phi) is 5.43. The van der Waals surface area contributed by atoms with Crippen molar-refractivity contribution in [2.24, 2.45) is 10.8 Å². The van der Waals surface area contributed by atoms with Crippen molar-refractivity contribution in [3.05, 3.63) is 0 Å². The highest BCUT2D eigenvalue weighted by Crippen LogP contribution is 2.37. The third kappa shape index (κ3) is 4.79. The van der Waals surface area contributed by atoms with Gasteiger partial charge in [-0.2, -0.15) is 0 Å². The number of hydrogen-bond acceptors (Lipinski definition) is 3. The first-order valence-corrected chi connectivity index (χ1v) is 7.54. The maximum absolute atomic E-state index is 12.0. The van der Waals surface area contributed by atoms with Gasteiger partial charge < -0.3 is 9.84 Å². The van der Waals surface area contributed by atoms with E-state index in [-0.39, 0.29) is 23.6 Å². The minimum absolute atomic E-state index is 0.0186. The van der Waals surface area contributed by atoms with Gasteiger partial charge in [0.05, 0.1) is 11.5 Å². The molecule has 0 aromatic carbocycles. The van der Waals surface area contributed by atoms with Gasteiger partial charge in [0.2, 0.25) is 0 Å². The van der Waals surface area contributed by atoms with E-state index in [0.717, 1.165) is 38.5 Å². The molecule has 1 aliphatic carbocycles. The van der Waals surface area contributed by atoms with Crippen molar-refractivity contribution in [1.82, 2.24) is 0 Å². The monoisotopic (exact) mass is 270 g/mol. The molecule has 0 spiro atoms. The summed E-state index contributed by atoms with van der Waals surface area (Å²) in [7, 11) is 0. The van der Waals surface area contributed by atoms with Gasteiger partial charge in [-0.1, -0.05) is 13.3 Å². The Labute approximate surface area is 117 Å². The van der Waals surface area contributed by atoms with Crippen LogP contribution in [0.5, 0.6) is 0 Å². The quantitative estimate of drug-likeness (QED) is 0.778. The summed E-state index contributed by atoms with van der Waals surface area (Å²) >= 11 is 0. The number of ether oxygens (including phenoxy) is 1. The van der Waals surface area contributed by atoms with Crippen LogP contribution < -0.4 is 0 Å². The average molecular weight is 270 g/mol. The van der Waals surface area contributed by atoms with Gasteiger partial charge in [-0.15, -0.1) is 0 Å². The highest BCUT2D eigenvalue weighted by Gasteiger charge is 2.33. The molecule has 3 heteroatoms. The zero-order valence-electron chi connectivity index (χ0n) is 13.2. The van der Waals surface area contributed by atoms with Gasteiger partial charge in [0.1, 0.15) is 6.10 Å². The number of aliphatic hydroxyl groups excluding tert-OH is 1. The van der Waals surface area contributed by atoms with Crippen LogP contribution in [0.4, 0.5) is 0 Å². The standard InChI is InChI=1S/C16H30O3/c1-12(17)16(5)10-7-6-8-13(9-11-16)19-14(18)15(2,3)4/h12-13,17H,6-11H2,1-5H3/t12?,13-,16+/m1/s1. The molecule has 0 aromatic rings. The highest BCUT2D eigenvalue weighted by atomic mass is 16.5. The number of carbonyl (C=O) groups excluding carboxylic acids is 1. The summed E-state index contributed by atoms with van der Waals surface area (Å²) in [5.74, 6) is -0.114. The van der Waals surface area contributed by atoms with Crippen LogP contribution in [0.3, 0.4) is 0 Å². The molecule has 1 fully saturated rings. The Balaban J connectivity index is 2.60. The van der Waals surface area contributed by atoms with Gasteiger partial charge in [-0.25, -0.2) is 0 Å². The van der Waals surface area contributed by atoms with Crippen LogP contribution in [-0.2, 0) is 9.53 Å². The lowest BCUT2D eigenvalue weighted by Gasteiger charge is -2.36. The van der Waals surface area contributed by atoms with E-state index in [2.05, 4.69) is 6.92 Å². The molecule has 1 N–H and O–H groups in total. The number of esters is 1. The second-order valence-electron chi connectivity index (χ2n) is 7.39. The van der Waals surface area contributed by atoms with Gasteiger partial charge in [-0.3, -0.25) is 4.79 Å². The molecule has 0 heterocycles. The van der Waals surface area contributed by atoms with E-state index < -0.39 is 5.41 Å². The Hall–Kier alpha value is -0.570. The Morgan fingerprint density at radius 3 is 2.42 bits per heavy atom. The summed E-state index contributed by atoms with van der Waals surface area (Å²) in [5.41, 5.74) is -0.469. The van der Waals surface area contributed by atoms with Crippen LogP contribution >= 0.6 is 0 Å². The van der Waals surface area contributed by atoms with Gasteiger partial charge in [0, 0.05) is 0 Å². The van der Waals surface area contributed by atoms with Crippen molar-refractivity contribution < 1.29 is 14.6 Å². The minimum Gasteiger partial charge on any atom is -0.462 e. The third-order valence-corrected chi connectivity index (χ3v) is 4.46. The predicted octanol–water partition coefficient (Wildman–Crippen LogP) is 3.69. The van der Waals surface area contributed by atoms with Crippen molar-refractivity contribution in [2.75, 3.05) is 0 Å². The minimum atomic E-state index is -0.435. The molecule has 0 radical (unpaired) electrons. The second-order valence-corrected chi connectivity index (χ2v) is 7.39. The van der Waals surface area contributed by atoms with Crippen LogP contribution in [0.15, 0.2) is 0 Å². The van der Waals surface area contributed by atoms with E-state index in [1.165, 1.54) is 0 Å². The molecular formula is C16H30O3. The molecule has 1 rings (SSSR count). The van der Waals surface area contributed by atoms with E-state index in [1.807, 2.05) is 27.7 Å². The number of hydrogen-bond donors (Lipinski definition) is 1. The maximum atomic E-state index is 12.0. The van der Waals surface area contributed by atoms with Crippen LogP contribution in [-0.4, -0.2) is 23.3 Å². The number of rotatable bonds is 2. The summed E-state index contributed by atoms with van der Waals surface area (Å²) in [6.07, 6.45) is 5.70. The predicted molar refractivity (Wildman–Crippen MR) is 76.8 cm³/mol. The first kappa shape index (κ1) is 16.5. The molecule has 0 aliphatic heterocycles. The van der Waals surface area contributed by atoms with Gasteiger partial charge >= 0.3 is 5.97 Å². The van der Waals surface area contributed by atoms with Gasteiger partial charge in [0.15, 0.2) is 0 Å². The fraction of sp³-hybridized carbons (Fsp3) is 0.938. The number of carbonyl (C=O) groups is 1. The van der Waals surface area contributed by atoms with Crippen molar-refractivity contribution in [2.45, 2.75) is 85.4 Å². The lowest BCUT2D eigenvalue weighted by Crippen LogP contribution is -2.34. The zero-order chi connectivity index (χ0) is 14.7. The third-order valence-electron chi connectivity index (χ3n) is 4.46. The molecule has 1 aliphatic rings. The first-order chi connectivity index (χ1) is 8.65. The summed E-state index contributed by atoms with van der Waals surface area (Å²) in [6, 6.07) is 0. The Morgan fingerprint density at radius 2 is 1.89 bits per heavy atom. The van der Waals surface area contributed by atoms with Crippen molar-refractivity contribution in [3.63, 3.8) is 0 Å². The largest absolute Gasteiger partial charge is 0.462 e. The molecular weight excluding hydrogens is 240 g/mol. The highest BCUT2D eigenvalue weighted by molar-refractivity contribution is 5.75. The molecule has 0 aromatic heterocycles. The molecule has 3 nitrogen and oxygen atoms in total. The fourth-order valence-corrected chi connectivity index (χ4v) is 2.52. The van der Waals surface area contributed by atoms with Crippen molar-refractivity contribution in [1.29, 1.82) is 0 Å². The van der Waals surface area contributed by atoms with Crippen LogP contribution in [0.2, 0.25) is 0 Å². The van der Waals surface area contributed by atoms with Crippen LogP contribution in [0.1, 0.15) is 73.1 Å². The number of aliphatic hydroxyl groups is 1. The molecule has 112 valence electrons. The summed E-state index contributed by atoms with van der Waals surface area (Å²) < 4.78 is 5.64. The Morgan fingerprint density at radius 1 is 1.26 bits per heavy atom. The Bertz CT molecular complexity index is 304. The lowest BCUT2D eigenvalue weighted by atomic mass is 9.74. The van der Waals surface area contributed by atoms with Crippen LogP contribution in [0, 0.1) is 10.8 Å². The molecule has 19 heavy (non-hydrogen) atoms. The molecule has 0 bridgehead atoms. The normalized spacial score (nSPS) is 31.2. The summed E-state index contributed by atoms with van der Waals surface area (Å²) in [5, 5.41) is 9.94. The smallest absolute Gasteiger partial charge is 0.311 e. The van der Waals surface area contributed by atoms with Crippen molar-refractivity contribution >= 4 is 5.97 Å². The average Bonchev–Trinajstić information content (AvgIpc) is 2.26. The molecule has 1 unspecified atom stereocenters. The van der Waals surface area contributed by atoms with E-state index in [0.29, 0.717) is 0 Å².